The third-order valence-electron chi connectivity index (χ3n) is 3.91. The van der Waals surface area contributed by atoms with Crippen LogP contribution in [0.4, 0.5) is 4.79 Å². The minimum atomic E-state index is -0.592. The fourth-order valence-electron chi connectivity index (χ4n) is 2.71. The van der Waals surface area contributed by atoms with Crippen molar-refractivity contribution in [3.63, 3.8) is 0 Å². The van der Waals surface area contributed by atoms with E-state index in [0.29, 0.717) is 23.6 Å². The summed E-state index contributed by atoms with van der Waals surface area (Å²) in [5.74, 6) is 0.237. The number of carbonyl (C=O) groups is 2. The number of nitrogens with zero attached hydrogens (tertiary/aromatic N) is 1. The molecule has 0 aromatic heterocycles. The van der Waals surface area contributed by atoms with E-state index in [1.54, 1.807) is 33.1 Å². The lowest BCUT2D eigenvalue weighted by atomic mass is 9.94. The molecule has 1 unspecified atom stereocenters. The van der Waals surface area contributed by atoms with Crippen LogP contribution in [-0.2, 0) is 14.3 Å². The summed E-state index contributed by atoms with van der Waals surface area (Å²) in [7, 11) is 1.58. The van der Waals surface area contributed by atoms with E-state index in [1.165, 1.54) is 4.90 Å². The maximum atomic E-state index is 12.5. The molecule has 1 atom stereocenters. The molecule has 2 amide bonds. The molecule has 0 bridgehead atoms. The van der Waals surface area contributed by atoms with Crippen LogP contribution < -0.4 is 10.1 Å². The number of esters is 1. The molecule has 136 valence electrons. The molecule has 7 nitrogen and oxygen atoms in total. The minimum absolute atomic E-state index is 0.0647. The summed E-state index contributed by atoms with van der Waals surface area (Å²) in [6, 6.07) is 6.32. The lowest BCUT2D eigenvalue weighted by molar-refractivity contribution is -0.139. The third kappa shape index (κ3) is 4.11. The van der Waals surface area contributed by atoms with Gasteiger partial charge in [-0.2, -0.15) is 0 Å². The lowest BCUT2D eigenvalue weighted by Crippen LogP contribution is -2.49. The Bertz CT molecular complexity index is 654. The van der Waals surface area contributed by atoms with E-state index >= 15 is 0 Å². The Morgan fingerprint density at radius 3 is 2.44 bits per heavy atom. The normalized spacial score (nSPS) is 17.4. The predicted molar refractivity (Wildman–Crippen MR) is 91.9 cm³/mol. The maximum absolute atomic E-state index is 12.5. The van der Waals surface area contributed by atoms with Crippen LogP contribution in [-0.4, -0.2) is 44.0 Å². The van der Waals surface area contributed by atoms with Gasteiger partial charge in [0.15, 0.2) is 0 Å². The molecule has 0 saturated heterocycles. The van der Waals surface area contributed by atoms with Gasteiger partial charge in [-0.3, -0.25) is 4.90 Å². The lowest BCUT2D eigenvalue weighted by Gasteiger charge is -2.37. The number of carbonyl (C=O) groups excluding carboxylic acids is 2. The molecule has 1 aromatic carbocycles. The van der Waals surface area contributed by atoms with E-state index in [9.17, 15) is 9.59 Å². The second kappa shape index (κ2) is 8.53. The van der Waals surface area contributed by atoms with Gasteiger partial charge in [0.1, 0.15) is 12.5 Å². The molecule has 0 radical (unpaired) electrons. The van der Waals surface area contributed by atoms with Crippen molar-refractivity contribution in [3.05, 3.63) is 41.1 Å². The maximum Gasteiger partial charge on any atom is 0.338 e. The summed E-state index contributed by atoms with van der Waals surface area (Å²) < 4.78 is 15.8. The van der Waals surface area contributed by atoms with Crippen LogP contribution in [0.25, 0.3) is 0 Å². The van der Waals surface area contributed by atoms with Gasteiger partial charge >= 0.3 is 12.0 Å². The number of rotatable bonds is 7. The first-order chi connectivity index (χ1) is 12.0. The van der Waals surface area contributed by atoms with Gasteiger partial charge in [-0.25, -0.2) is 9.59 Å². The zero-order valence-corrected chi connectivity index (χ0v) is 15.0. The van der Waals surface area contributed by atoms with E-state index in [-0.39, 0.29) is 19.4 Å². The molecule has 0 fully saturated rings. The van der Waals surface area contributed by atoms with Crippen LogP contribution in [0.1, 0.15) is 32.4 Å². The zero-order valence-electron chi connectivity index (χ0n) is 15.0. The quantitative estimate of drug-likeness (QED) is 0.767. The summed E-state index contributed by atoms with van der Waals surface area (Å²) in [6.07, 6.45) is 0. The Hall–Kier alpha value is -2.54. The fraction of sp³-hybridized carbons (Fsp3) is 0.444. The first-order valence-corrected chi connectivity index (χ1v) is 8.20. The van der Waals surface area contributed by atoms with E-state index in [1.807, 2.05) is 19.1 Å². The number of ether oxygens (including phenoxy) is 3. The van der Waals surface area contributed by atoms with Crippen molar-refractivity contribution in [1.82, 2.24) is 10.2 Å². The van der Waals surface area contributed by atoms with Gasteiger partial charge in [0.05, 0.1) is 25.3 Å². The topological polar surface area (TPSA) is 77.1 Å². The molecule has 0 saturated carbocycles. The zero-order chi connectivity index (χ0) is 18.4. The Labute approximate surface area is 147 Å². The summed E-state index contributed by atoms with van der Waals surface area (Å²) >= 11 is 0. The highest BCUT2D eigenvalue weighted by molar-refractivity contribution is 5.95. The van der Waals surface area contributed by atoms with Crippen molar-refractivity contribution in [2.45, 2.75) is 26.8 Å². The first kappa shape index (κ1) is 18.8. The third-order valence-corrected chi connectivity index (χ3v) is 3.91. The molecule has 0 spiro atoms. The number of hydrogen-bond acceptors (Lipinski definition) is 5. The monoisotopic (exact) mass is 348 g/mol. The van der Waals surface area contributed by atoms with Gasteiger partial charge in [-0.05, 0) is 38.5 Å². The summed E-state index contributed by atoms with van der Waals surface area (Å²) in [6.45, 7) is 6.06. The summed E-state index contributed by atoms with van der Waals surface area (Å²) in [4.78, 5) is 26.5. The van der Waals surface area contributed by atoms with Crippen LogP contribution in [0, 0.1) is 0 Å². The summed E-state index contributed by atoms with van der Waals surface area (Å²) in [5.41, 5.74) is 1.65. The number of amides is 2. The largest absolute Gasteiger partial charge is 0.497 e. The Morgan fingerprint density at radius 1 is 1.20 bits per heavy atom. The molecule has 7 heteroatoms. The van der Waals surface area contributed by atoms with E-state index in [4.69, 9.17) is 14.2 Å². The molecule has 1 aliphatic heterocycles. The molecular formula is C18H24N2O5. The molecule has 0 aliphatic carbocycles. The van der Waals surface area contributed by atoms with Gasteiger partial charge in [0, 0.05) is 12.3 Å². The molecule has 2 rings (SSSR count). The second-order valence-electron chi connectivity index (χ2n) is 5.46. The van der Waals surface area contributed by atoms with Gasteiger partial charge in [0.25, 0.3) is 0 Å². The minimum Gasteiger partial charge on any atom is -0.497 e. The van der Waals surface area contributed by atoms with E-state index in [0.717, 1.165) is 5.56 Å². The van der Waals surface area contributed by atoms with Crippen molar-refractivity contribution in [2.75, 3.05) is 27.1 Å². The van der Waals surface area contributed by atoms with Gasteiger partial charge in [0.2, 0.25) is 0 Å². The van der Waals surface area contributed by atoms with E-state index in [2.05, 4.69) is 5.32 Å². The van der Waals surface area contributed by atoms with Crippen LogP contribution in [0.3, 0.4) is 0 Å². The standard InChI is InChI=1S/C18H24N2O5/c1-5-24-11-20-16(13-7-9-14(23-4)10-8-13)15(17(21)25-6-2)12(3)19-18(20)22/h7-10,16H,5-6,11H2,1-4H3,(H,19,22). The van der Waals surface area contributed by atoms with Crippen LogP contribution in [0.5, 0.6) is 5.75 Å². The Kier molecular flexibility index (Phi) is 6.41. The average Bonchev–Trinajstić information content (AvgIpc) is 2.60. The number of nitrogens with one attached hydrogen (secondary N) is 1. The van der Waals surface area contributed by atoms with Gasteiger partial charge in [-0.15, -0.1) is 0 Å². The van der Waals surface area contributed by atoms with Crippen molar-refractivity contribution < 1.29 is 23.8 Å². The van der Waals surface area contributed by atoms with Crippen LogP contribution in [0.2, 0.25) is 0 Å². The molecule has 1 heterocycles. The number of urea groups is 1. The first-order valence-electron chi connectivity index (χ1n) is 8.20. The molecular weight excluding hydrogens is 324 g/mol. The highest BCUT2D eigenvalue weighted by atomic mass is 16.5. The molecule has 1 N–H and O–H groups in total. The van der Waals surface area contributed by atoms with Crippen molar-refractivity contribution in [2.24, 2.45) is 0 Å². The molecule has 1 aromatic rings. The highest BCUT2D eigenvalue weighted by Crippen LogP contribution is 2.34. The van der Waals surface area contributed by atoms with Crippen LogP contribution in [0.15, 0.2) is 35.5 Å². The van der Waals surface area contributed by atoms with Crippen molar-refractivity contribution >= 4 is 12.0 Å². The molecule has 1 aliphatic rings. The van der Waals surface area contributed by atoms with Gasteiger partial charge in [-0.1, -0.05) is 12.1 Å². The number of hydrogen-bond donors (Lipinski definition) is 1. The van der Waals surface area contributed by atoms with Gasteiger partial charge < -0.3 is 19.5 Å². The van der Waals surface area contributed by atoms with E-state index < -0.39 is 12.0 Å². The van der Waals surface area contributed by atoms with Crippen molar-refractivity contribution in [1.29, 1.82) is 0 Å². The number of allylic oxidation sites excluding steroid dienone is 1. The predicted octanol–water partition coefficient (Wildman–Crippen LogP) is 2.59. The smallest absolute Gasteiger partial charge is 0.338 e. The number of methoxy groups -OCH3 is 1. The average molecular weight is 348 g/mol. The highest BCUT2D eigenvalue weighted by Gasteiger charge is 2.38. The fourth-order valence-corrected chi connectivity index (χ4v) is 2.71. The Balaban J connectivity index is 2.49. The SMILES string of the molecule is CCOCN1C(=O)NC(C)=C(C(=O)OCC)C1c1ccc(OC)cc1. The molecule has 25 heavy (non-hydrogen) atoms. The summed E-state index contributed by atoms with van der Waals surface area (Å²) in [5, 5.41) is 2.71. The van der Waals surface area contributed by atoms with Crippen molar-refractivity contribution in [3.8, 4) is 5.75 Å². The Morgan fingerprint density at radius 2 is 1.88 bits per heavy atom. The number of benzene rings is 1. The second-order valence-corrected chi connectivity index (χ2v) is 5.46. The van der Waals surface area contributed by atoms with Crippen LogP contribution >= 0.6 is 0 Å².